The molecule has 0 heterocycles. The molecule has 2 N–H and O–H groups in total. The third-order valence-electron chi connectivity index (χ3n) is 3.12. The third kappa shape index (κ3) is 2.26. The molecule has 0 spiro atoms. The van der Waals surface area contributed by atoms with E-state index in [2.05, 4.69) is 6.92 Å². The molecule has 0 aliphatic rings. The van der Waals surface area contributed by atoms with Crippen LogP contribution < -0.4 is 5.73 Å². The first-order chi connectivity index (χ1) is 8.58. The molecule has 2 aromatic carbocycles. The molecule has 0 bridgehead atoms. The van der Waals surface area contributed by atoms with Crippen molar-refractivity contribution in [1.29, 1.82) is 0 Å². The van der Waals surface area contributed by atoms with Crippen LogP contribution in [0.25, 0.3) is 0 Å². The molecule has 0 aliphatic heterocycles. The largest absolute Gasteiger partial charge is 0.318 e. The first-order valence-electron chi connectivity index (χ1n) is 5.67. The van der Waals surface area contributed by atoms with Crippen molar-refractivity contribution < 1.29 is 4.39 Å². The van der Waals surface area contributed by atoms with Gasteiger partial charge in [-0.25, -0.2) is 4.39 Å². The van der Waals surface area contributed by atoms with Gasteiger partial charge in [-0.15, -0.1) is 0 Å². The molecule has 2 aromatic rings. The minimum Gasteiger partial charge on any atom is -0.318 e. The first kappa shape index (κ1) is 13.1. The predicted molar refractivity (Wildman–Crippen MR) is 72.8 cm³/mol. The average Bonchev–Trinajstić information content (AvgIpc) is 2.42. The molecule has 0 saturated heterocycles. The summed E-state index contributed by atoms with van der Waals surface area (Å²) in [5.74, 6) is -0.445. The van der Waals surface area contributed by atoms with E-state index in [1.54, 1.807) is 12.1 Å². The molecule has 0 unspecified atom stereocenters. The molecule has 18 heavy (non-hydrogen) atoms. The highest BCUT2D eigenvalue weighted by Crippen LogP contribution is 2.32. The van der Waals surface area contributed by atoms with Crippen LogP contribution in [-0.2, 0) is 5.54 Å². The zero-order valence-corrected chi connectivity index (χ0v) is 10.6. The Balaban J connectivity index is 2.53. The molecule has 2 rings (SSSR count). The summed E-state index contributed by atoms with van der Waals surface area (Å²) in [5, 5.41) is 0.0757. The number of hydrogen-bond donors (Lipinski definition) is 1. The second-order valence-electron chi connectivity index (χ2n) is 4.22. The molecule has 0 aromatic heterocycles. The van der Waals surface area contributed by atoms with E-state index in [0.29, 0.717) is 6.42 Å². The molecular formula is C15H14ClFN. The fourth-order valence-electron chi connectivity index (χ4n) is 1.96. The van der Waals surface area contributed by atoms with Crippen LogP contribution in [0.2, 0.25) is 5.02 Å². The Morgan fingerprint density at radius 1 is 1.11 bits per heavy atom. The number of hydrogen-bond acceptors (Lipinski definition) is 1. The van der Waals surface area contributed by atoms with Gasteiger partial charge in [0.25, 0.3) is 0 Å². The van der Waals surface area contributed by atoms with Gasteiger partial charge in [0.2, 0.25) is 0 Å². The first-order valence-corrected chi connectivity index (χ1v) is 6.05. The van der Waals surface area contributed by atoms with Crippen LogP contribution in [0, 0.1) is 12.7 Å². The summed E-state index contributed by atoms with van der Waals surface area (Å²) >= 11 is 5.81. The van der Waals surface area contributed by atoms with Crippen LogP contribution in [0.5, 0.6) is 0 Å². The summed E-state index contributed by atoms with van der Waals surface area (Å²) in [5.41, 5.74) is 7.36. The lowest BCUT2D eigenvalue weighted by molar-refractivity contribution is 0.542. The highest BCUT2D eigenvalue weighted by Gasteiger charge is 2.27. The summed E-state index contributed by atoms with van der Waals surface area (Å²) < 4.78 is 13.2. The highest BCUT2D eigenvalue weighted by atomic mass is 35.5. The van der Waals surface area contributed by atoms with Crippen LogP contribution in [0.3, 0.4) is 0 Å². The van der Waals surface area contributed by atoms with Crippen molar-refractivity contribution >= 4 is 11.6 Å². The van der Waals surface area contributed by atoms with Gasteiger partial charge in [0.15, 0.2) is 0 Å². The average molecular weight is 263 g/mol. The lowest BCUT2D eigenvalue weighted by Gasteiger charge is -2.29. The quantitative estimate of drug-likeness (QED) is 0.892. The van der Waals surface area contributed by atoms with Gasteiger partial charge in [-0.3, -0.25) is 0 Å². The van der Waals surface area contributed by atoms with E-state index in [4.69, 9.17) is 17.3 Å². The van der Waals surface area contributed by atoms with Crippen molar-refractivity contribution in [1.82, 2.24) is 0 Å². The fourth-order valence-corrected chi connectivity index (χ4v) is 2.15. The summed E-state index contributed by atoms with van der Waals surface area (Å²) in [7, 11) is 0. The molecule has 1 nitrogen and oxygen atoms in total. The Labute approximate surface area is 111 Å². The summed E-state index contributed by atoms with van der Waals surface area (Å²) in [6, 6.07) is 14.2. The lowest BCUT2D eigenvalue weighted by Crippen LogP contribution is -2.37. The number of nitrogens with two attached hydrogens (primary N) is 1. The second-order valence-corrected chi connectivity index (χ2v) is 4.62. The van der Waals surface area contributed by atoms with E-state index in [0.717, 1.165) is 11.1 Å². The van der Waals surface area contributed by atoms with Gasteiger partial charge >= 0.3 is 0 Å². The van der Waals surface area contributed by atoms with E-state index in [9.17, 15) is 4.39 Å². The number of halogens is 2. The van der Waals surface area contributed by atoms with Crippen molar-refractivity contribution in [2.75, 3.05) is 0 Å². The molecule has 1 radical (unpaired) electrons. The lowest BCUT2D eigenvalue weighted by atomic mass is 9.82. The van der Waals surface area contributed by atoms with Crippen molar-refractivity contribution in [3.8, 4) is 0 Å². The fraction of sp³-hybridized carbons (Fsp3) is 0.133. The minimum atomic E-state index is -0.751. The van der Waals surface area contributed by atoms with Gasteiger partial charge in [0, 0.05) is 0 Å². The maximum absolute atomic E-state index is 13.2. The molecule has 93 valence electrons. The Hall–Kier alpha value is -1.38. The zero-order chi connectivity index (χ0) is 13.2. The van der Waals surface area contributed by atoms with Gasteiger partial charge in [0.05, 0.1) is 10.6 Å². The van der Waals surface area contributed by atoms with Crippen molar-refractivity contribution in [2.24, 2.45) is 5.73 Å². The molecule has 1 atom stereocenters. The van der Waals surface area contributed by atoms with Crippen molar-refractivity contribution in [3.05, 3.63) is 77.4 Å². The molecule has 0 fully saturated rings. The molecular weight excluding hydrogens is 249 g/mol. The maximum Gasteiger partial charge on any atom is 0.141 e. The van der Waals surface area contributed by atoms with Crippen LogP contribution in [0.15, 0.2) is 48.5 Å². The molecule has 3 heteroatoms. The normalized spacial score (nSPS) is 14.2. The second kappa shape index (κ2) is 5.09. The SMILES string of the molecule is [CH2]C[C@@](N)(c1ccccc1)c1ccc(F)c(Cl)c1. The van der Waals surface area contributed by atoms with Crippen LogP contribution >= 0.6 is 11.6 Å². The van der Waals surface area contributed by atoms with Gasteiger partial charge in [0.1, 0.15) is 5.82 Å². The van der Waals surface area contributed by atoms with Crippen LogP contribution in [0.4, 0.5) is 4.39 Å². The van der Waals surface area contributed by atoms with E-state index in [1.807, 2.05) is 30.3 Å². The van der Waals surface area contributed by atoms with Crippen LogP contribution in [0.1, 0.15) is 17.5 Å². The predicted octanol–water partition coefficient (Wildman–Crippen LogP) is 3.91. The Morgan fingerprint density at radius 2 is 1.78 bits per heavy atom. The summed E-state index contributed by atoms with van der Waals surface area (Å²) in [6.45, 7) is 3.90. The van der Waals surface area contributed by atoms with E-state index >= 15 is 0 Å². The van der Waals surface area contributed by atoms with E-state index in [1.165, 1.54) is 6.07 Å². The van der Waals surface area contributed by atoms with E-state index in [-0.39, 0.29) is 5.02 Å². The Kier molecular flexibility index (Phi) is 3.69. The monoisotopic (exact) mass is 262 g/mol. The summed E-state index contributed by atoms with van der Waals surface area (Å²) in [6.07, 6.45) is 0.457. The molecule has 0 amide bonds. The van der Waals surface area contributed by atoms with Gasteiger partial charge < -0.3 is 5.73 Å². The smallest absolute Gasteiger partial charge is 0.141 e. The molecule has 0 aliphatic carbocycles. The van der Waals surface area contributed by atoms with Crippen LogP contribution in [-0.4, -0.2) is 0 Å². The topological polar surface area (TPSA) is 26.0 Å². The molecule has 0 saturated carbocycles. The Morgan fingerprint density at radius 3 is 2.33 bits per heavy atom. The summed E-state index contributed by atoms with van der Waals surface area (Å²) in [4.78, 5) is 0. The zero-order valence-electron chi connectivity index (χ0n) is 9.87. The standard InChI is InChI=1S/C15H14ClFN/c1-2-15(18,11-6-4-3-5-7-11)12-8-9-14(17)13(16)10-12/h3-10H,1-2,18H2/t15-/m1/s1. The van der Waals surface area contributed by atoms with Gasteiger partial charge in [-0.2, -0.15) is 0 Å². The van der Waals surface area contributed by atoms with Crippen molar-refractivity contribution in [2.45, 2.75) is 12.0 Å². The van der Waals surface area contributed by atoms with Gasteiger partial charge in [-0.1, -0.05) is 54.9 Å². The third-order valence-corrected chi connectivity index (χ3v) is 3.41. The number of rotatable bonds is 3. The number of benzene rings is 2. The van der Waals surface area contributed by atoms with E-state index < -0.39 is 11.4 Å². The maximum atomic E-state index is 13.2. The van der Waals surface area contributed by atoms with Gasteiger partial charge in [-0.05, 0) is 29.7 Å². The Bertz CT molecular complexity index is 541. The highest BCUT2D eigenvalue weighted by molar-refractivity contribution is 6.30. The minimum absolute atomic E-state index is 0.0757. The van der Waals surface area contributed by atoms with Crippen molar-refractivity contribution in [3.63, 3.8) is 0 Å².